The number of hydrogen-bond donors (Lipinski definition) is 1. The monoisotopic (exact) mass is 266 g/mol. The van der Waals surface area contributed by atoms with Gasteiger partial charge in [-0.25, -0.2) is 0 Å². The van der Waals surface area contributed by atoms with Crippen LogP contribution >= 0.6 is 0 Å². The minimum atomic E-state index is 0.431. The first-order valence-electron chi connectivity index (χ1n) is 7.49. The van der Waals surface area contributed by atoms with E-state index in [1.165, 1.54) is 16.8 Å². The Bertz CT molecular complexity index is 550. The second-order valence-corrected chi connectivity index (χ2v) is 5.33. The first-order chi connectivity index (χ1) is 9.88. The molecule has 0 aromatic heterocycles. The van der Waals surface area contributed by atoms with Gasteiger partial charge in [0.2, 0.25) is 0 Å². The summed E-state index contributed by atoms with van der Waals surface area (Å²) in [6.07, 6.45) is 1.14. The topological polar surface area (TPSA) is 15.3 Å². The molecule has 1 aliphatic heterocycles. The van der Waals surface area contributed by atoms with Gasteiger partial charge in [0.1, 0.15) is 0 Å². The lowest BCUT2D eigenvalue weighted by molar-refractivity contribution is 0.498. The largest absolute Gasteiger partial charge is 0.370 e. The molecule has 2 heteroatoms. The highest BCUT2D eigenvalue weighted by molar-refractivity contribution is 5.47. The summed E-state index contributed by atoms with van der Waals surface area (Å²) in [4.78, 5) is 2.44. The quantitative estimate of drug-likeness (QED) is 0.912. The molecule has 2 aromatic rings. The SMILES string of the molecule is CCN(CC1NCCc2ccccc21)c1ccccc1. The lowest BCUT2D eigenvalue weighted by Gasteiger charge is -2.33. The standard InChI is InChI=1S/C18H22N2/c1-2-20(16-9-4-3-5-10-16)14-18-17-11-7-6-8-15(17)12-13-19-18/h3-11,18-19H,2,12-14H2,1H3. The summed E-state index contributed by atoms with van der Waals surface area (Å²) in [6, 6.07) is 19.9. The van der Waals surface area contributed by atoms with Gasteiger partial charge in [-0.1, -0.05) is 42.5 Å². The zero-order valence-electron chi connectivity index (χ0n) is 12.0. The van der Waals surface area contributed by atoms with Crippen molar-refractivity contribution in [1.82, 2.24) is 5.32 Å². The smallest absolute Gasteiger partial charge is 0.0501 e. The summed E-state index contributed by atoms with van der Waals surface area (Å²) in [5.41, 5.74) is 4.27. The van der Waals surface area contributed by atoms with Crippen LogP contribution in [0.5, 0.6) is 0 Å². The van der Waals surface area contributed by atoms with E-state index in [4.69, 9.17) is 0 Å². The third-order valence-electron chi connectivity index (χ3n) is 4.12. The molecule has 1 aliphatic rings. The molecule has 0 amide bonds. The van der Waals surface area contributed by atoms with Crippen LogP contribution in [0.25, 0.3) is 0 Å². The molecule has 2 nitrogen and oxygen atoms in total. The number of nitrogens with zero attached hydrogens (tertiary/aromatic N) is 1. The molecule has 0 radical (unpaired) electrons. The molecular formula is C18H22N2. The van der Waals surface area contributed by atoms with Crippen LogP contribution in [0.3, 0.4) is 0 Å². The van der Waals surface area contributed by atoms with Crippen LogP contribution in [-0.2, 0) is 6.42 Å². The van der Waals surface area contributed by atoms with E-state index < -0.39 is 0 Å². The van der Waals surface area contributed by atoms with Gasteiger partial charge in [-0.3, -0.25) is 0 Å². The molecule has 0 bridgehead atoms. The van der Waals surface area contributed by atoms with E-state index in [1.807, 2.05) is 0 Å². The summed E-state index contributed by atoms with van der Waals surface area (Å²) < 4.78 is 0. The molecule has 0 aliphatic carbocycles. The number of para-hydroxylation sites is 1. The fraction of sp³-hybridized carbons (Fsp3) is 0.333. The van der Waals surface area contributed by atoms with Crippen LogP contribution in [0.2, 0.25) is 0 Å². The summed E-state index contributed by atoms with van der Waals surface area (Å²) in [7, 11) is 0. The molecule has 2 aromatic carbocycles. The van der Waals surface area contributed by atoms with Gasteiger partial charge in [-0.2, -0.15) is 0 Å². The van der Waals surface area contributed by atoms with Crippen LogP contribution in [0, 0.1) is 0 Å². The van der Waals surface area contributed by atoms with Gasteiger partial charge in [-0.15, -0.1) is 0 Å². The Morgan fingerprint density at radius 3 is 2.60 bits per heavy atom. The third kappa shape index (κ3) is 2.70. The fourth-order valence-electron chi connectivity index (χ4n) is 3.03. The summed E-state index contributed by atoms with van der Waals surface area (Å²) >= 11 is 0. The highest BCUT2D eigenvalue weighted by atomic mass is 15.2. The molecule has 0 fully saturated rings. The zero-order chi connectivity index (χ0) is 13.8. The summed E-state index contributed by atoms with van der Waals surface area (Å²) in [5.74, 6) is 0. The summed E-state index contributed by atoms with van der Waals surface area (Å²) in [6.45, 7) is 5.36. The van der Waals surface area contributed by atoms with E-state index in [2.05, 4.69) is 71.7 Å². The van der Waals surface area contributed by atoms with Crippen LogP contribution < -0.4 is 10.2 Å². The van der Waals surface area contributed by atoms with Gasteiger partial charge >= 0.3 is 0 Å². The van der Waals surface area contributed by atoms with Crippen molar-refractivity contribution in [2.24, 2.45) is 0 Å². The molecule has 1 unspecified atom stereocenters. The van der Waals surface area contributed by atoms with Gasteiger partial charge in [0, 0.05) is 18.8 Å². The molecule has 0 saturated heterocycles. The highest BCUT2D eigenvalue weighted by Gasteiger charge is 2.21. The van der Waals surface area contributed by atoms with Crippen molar-refractivity contribution in [3.63, 3.8) is 0 Å². The summed E-state index contributed by atoms with van der Waals surface area (Å²) in [5, 5.41) is 3.67. The van der Waals surface area contributed by atoms with Gasteiger partial charge < -0.3 is 10.2 Å². The molecule has 1 atom stereocenters. The number of likely N-dealkylation sites (N-methyl/N-ethyl adjacent to an activating group) is 1. The van der Waals surface area contributed by atoms with Crippen molar-refractivity contribution in [1.29, 1.82) is 0 Å². The fourth-order valence-corrected chi connectivity index (χ4v) is 3.03. The van der Waals surface area contributed by atoms with Crippen LogP contribution in [0.15, 0.2) is 54.6 Å². The molecule has 3 rings (SSSR count). The van der Waals surface area contributed by atoms with Gasteiger partial charge in [0.25, 0.3) is 0 Å². The van der Waals surface area contributed by atoms with Crippen LogP contribution in [0.4, 0.5) is 5.69 Å². The number of hydrogen-bond acceptors (Lipinski definition) is 2. The minimum Gasteiger partial charge on any atom is -0.370 e. The molecule has 20 heavy (non-hydrogen) atoms. The van der Waals surface area contributed by atoms with E-state index in [0.29, 0.717) is 6.04 Å². The van der Waals surface area contributed by atoms with Crippen molar-refractivity contribution in [2.75, 3.05) is 24.5 Å². The zero-order valence-corrected chi connectivity index (χ0v) is 12.0. The van der Waals surface area contributed by atoms with E-state index in [1.54, 1.807) is 0 Å². The second-order valence-electron chi connectivity index (χ2n) is 5.33. The Morgan fingerprint density at radius 2 is 1.80 bits per heavy atom. The Hall–Kier alpha value is -1.80. The highest BCUT2D eigenvalue weighted by Crippen LogP contribution is 2.25. The predicted octanol–water partition coefficient (Wildman–Crippen LogP) is 3.40. The molecule has 0 saturated carbocycles. The normalized spacial score (nSPS) is 17.6. The van der Waals surface area contributed by atoms with Crippen molar-refractivity contribution in [3.8, 4) is 0 Å². The minimum absolute atomic E-state index is 0.431. The van der Waals surface area contributed by atoms with Crippen LogP contribution in [-0.4, -0.2) is 19.6 Å². The number of rotatable bonds is 4. The lowest BCUT2D eigenvalue weighted by atomic mass is 9.94. The molecule has 1 N–H and O–H groups in total. The van der Waals surface area contributed by atoms with Gasteiger partial charge in [0.05, 0.1) is 6.04 Å². The van der Waals surface area contributed by atoms with Gasteiger partial charge in [0.15, 0.2) is 0 Å². The maximum absolute atomic E-state index is 3.67. The maximum atomic E-state index is 3.67. The van der Waals surface area contributed by atoms with Crippen molar-refractivity contribution >= 4 is 5.69 Å². The number of fused-ring (bicyclic) bond motifs is 1. The molecular weight excluding hydrogens is 244 g/mol. The van der Waals surface area contributed by atoms with E-state index in [0.717, 1.165) is 26.1 Å². The van der Waals surface area contributed by atoms with E-state index in [9.17, 15) is 0 Å². The Labute approximate surface area is 121 Å². The van der Waals surface area contributed by atoms with Crippen molar-refractivity contribution in [3.05, 3.63) is 65.7 Å². The second kappa shape index (κ2) is 6.10. The van der Waals surface area contributed by atoms with Crippen LogP contribution in [0.1, 0.15) is 24.1 Å². The molecule has 1 heterocycles. The Balaban J connectivity index is 1.81. The lowest BCUT2D eigenvalue weighted by Crippen LogP contribution is -2.39. The van der Waals surface area contributed by atoms with Crippen molar-refractivity contribution in [2.45, 2.75) is 19.4 Å². The predicted molar refractivity (Wildman–Crippen MR) is 85.2 cm³/mol. The van der Waals surface area contributed by atoms with Gasteiger partial charge in [-0.05, 0) is 43.1 Å². The maximum Gasteiger partial charge on any atom is 0.0501 e. The number of nitrogens with one attached hydrogen (secondary N) is 1. The Morgan fingerprint density at radius 1 is 1.05 bits per heavy atom. The first-order valence-corrected chi connectivity index (χ1v) is 7.49. The van der Waals surface area contributed by atoms with E-state index >= 15 is 0 Å². The average molecular weight is 266 g/mol. The first kappa shape index (κ1) is 13.2. The number of benzene rings is 2. The number of anilines is 1. The van der Waals surface area contributed by atoms with Crippen molar-refractivity contribution < 1.29 is 0 Å². The Kier molecular flexibility index (Phi) is 4.03. The average Bonchev–Trinajstić information content (AvgIpc) is 2.53. The molecule has 0 spiro atoms. The molecule has 104 valence electrons. The van der Waals surface area contributed by atoms with E-state index in [-0.39, 0.29) is 0 Å². The third-order valence-corrected chi connectivity index (χ3v) is 4.12.